The molecule has 2 heterocycles. The molecule has 0 fully saturated rings. The molecule has 4 aromatic rings. The molecule has 0 atom stereocenters. The van der Waals surface area contributed by atoms with Gasteiger partial charge in [0.25, 0.3) is 0 Å². The van der Waals surface area contributed by atoms with Crippen LogP contribution in [0.5, 0.6) is 0 Å². The zero-order valence-electron chi connectivity index (χ0n) is 12.2. The Morgan fingerprint density at radius 3 is 2.96 bits per heavy atom. The molecule has 6 heteroatoms. The molecular weight excluding hydrogens is 297 g/mol. The first-order valence-corrected chi connectivity index (χ1v) is 7.05. The van der Waals surface area contributed by atoms with Crippen LogP contribution >= 0.6 is 0 Å². The van der Waals surface area contributed by atoms with Crippen molar-refractivity contribution in [3.05, 3.63) is 48.4 Å². The molecule has 0 bridgehead atoms. The number of aromatic nitrogens is 2. The van der Waals surface area contributed by atoms with E-state index in [4.69, 9.17) is 4.42 Å². The number of halogens is 1. The standard InChI is InChI=1S/C17H12FN3O2/c1-9(22)20-17-21-14-5-2-10(6-16(14)23-17)13-8-19-15-7-11(18)3-4-12(13)15/h2-8,19H,1H3,(H,20,21,22). The van der Waals surface area contributed by atoms with Crippen LogP contribution in [0.25, 0.3) is 33.1 Å². The van der Waals surface area contributed by atoms with Crippen molar-refractivity contribution in [1.29, 1.82) is 0 Å². The van der Waals surface area contributed by atoms with Gasteiger partial charge in [0, 0.05) is 29.6 Å². The third-order valence-corrected chi connectivity index (χ3v) is 3.63. The fourth-order valence-corrected chi connectivity index (χ4v) is 2.63. The molecule has 1 amide bonds. The van der Waals surface area contributed by atoms with Gasteiger partial charge in [0.1, 0.15) is 11.3 Å². The summed E-state index contributed by atoms with van der Waals surface area (Å²) in [6.45, 7) is 1.39. The molecule has 0 aliphatic heterocycles. The summed E-state index contributed by atoms with van der Waals surface area (Å²) < 4.78 is 18.8. The van der Waals surface area contributed by atoms with Gasteiger partial charge in [-0.15, -0.1) is 0 Å². The van der Waals surface area contributed by atoms with Gasteiger partial charge >= 0.3 is 6.01 Å². The fraction of sp³-hybridized carbons (Fsp3) is 0.0588. The third kappa shape index (κ3) is 2.34. The number of rotatable bonds is 2. The van der Waals surface area contributed by atoms with E-state index in [2.05, 4.69) is 15.3 Å². The lowest BCUT2D eigenvalue weighted by Crippen LogP contribution is -2.05. The number of anilines is 1. The van der Waals surface area contributed by atoms with Crippen molar-refractivity contribution in [2.45, 2.75) is 6.92 Å². The number of nitrogens with zero attached hydrogens (tertiary/aromatic N) is 1. The Morgan fingerprint density at radius 1 is 1.26 bits per heavy atom. The van der Waals surface area contributed by atoms with Crippen LogP contribution in [0.1, 0.15) is 6.92 Å². The van der Waals surface area contributed by atoms with E-state index in [-0.39, 0.29) is 17.7 Å². The van der Waals surface area contributed by atoms with Crippen molar-refractivity contribution in [2.24, 2.45) is 0 Å². The zero-order valence-corrected chi connectivity index (χ0v) is 12.2. The van der Waals surface area contributed by atoms with Crippen LogP contribution in [0.15, 0.2) is 47.0 Å². The van der Waals surface area contributed by atoms with E-state index in [0.29, 0.717) is 11.1 Å². The van der Waals surface area contributed by atoms with Gasteiger partial charge in [-0.2, -0.15) is 4.98 Å². The minimum atomic E-state index is -0.281. The largest absolute Gasteiger partial charge is 0.423 e. The van der Waals surface area contributed by atoms with E-state index in [1.165, 1.54) is 19.1 Å². The second kappa shape index (κ2) is 4.95. The van der Waals surface area contributed by atoms with Crippen LogP contribution in [0, 0.1) is 5.82 Å². The number of fused-ring (bicyclic) bond motifs is 2. The molecule has 0 aliphatic carbocycles. The quantitative estimate of drug-likeness (QED) is 0.586. The van der Waals surface area contributed by atoms with Crippen molar-refractivity contribution < 1.29 is 13.6 Å². The number of carbonyl (C=O) groups is 1. The first-order valence-electron chi connectivity index (χ1n) is 7.05. The summed E-state index contributed by atoms with van der Waals surface area (Å²) >= 11 is 0. The lowest BCUT2D eigenvalue weighted by atomic mass is 10.0. The second-order valence-electron chi connectivity index (χ2n) is 5.27. The lowest BCUT2D eigenvalue weighted by molar-refractivity contribution is -0.114. The van der Waals surface area contributed by atoms with E-state index in [1.807, 2.05) is 24.4 Å². The van der Waals surface area contributed by atoms with Crippen molar-refractivity contribution in [1.82, 2.24) is 9.97 Å². The maximum absolute atomic E-state index is 13.3. The molecular formula is C17H12FN3O2. The number of aromatic amines is 1. The molecule has 23 heavy (non-hydrogen) atoms. The molecule has 2 N–H and O–H groups in total. The number of oxazole rings is 1. The monoisotopic (exact) mass is 309 g/mol. The molecule has 0 radical (unpaired) electrons. The normalized spacial score (nSPS) is 11.2. The number of hydrogen-bond acceptors (Lipinski definition) is 3. The Morgan fingerprint density at radius 2 is 2.13 bits per heavy atom. The average molecular weight is 309 g/mol. The van der Waals surface area contributed by atoms with Gasteiger partial charge in [-0.3, -0.25) is 10.1 Å². The Hall–Kier alpha value is -3.15. The number of H-pyrrole nitrogens is 1. The van der Waals surface area contributed by atoms with Crippen molar-refractivity contribution in [3.8, 4) is 11.1 Å². The summed E-state index contributed by atoms with van der Waals surface area (Å²) in [5, 5.41) is 3.44. The Kier molecular flexibility index (Phi) is 2.90. The predicted octanol–water partition coefficient (Wildman–Crippen LogP) is 4.07. The summed E-state index contributed by atoms with van der Waals surface area (Å²) in [6, 6.07) is 10.4. The highest BCUT2D eigenvalue weighted by molar-refractivity contribution is 5.97. The van der Waals surface area contributed by atoms with E-state index in [0.717, 1.165) is 22.0 Å². The molecule has 4 rings (SSSR count). The number of amides is 1. The van der Waals surface area contributed by atoms with E-state index >= 15 is 0 Å². The molecule has 0 saturated carbocycles. The van der Waals surface area contributed by atoms with E-state index in [9.17, 15) is 9.18 Å². The zero-order chi connectivity index (χ0) is 16.0. The molecule has 0 aliphatic rings. The van der Waals surface area contributed by atoms with Crippen LogP contribution in [0.3, 0.4) is 0 Å². The Labute approximate surface area is 130 Å². The van der Waals surface area contributed by atoms with Crippen LogP contribution in [0.2, 0.25) is 0 Å². The SMILES string of the molecule is CC(=O)Nc1nc2ccc(-c3c[nH]c4cc(F)ccc34)cc2o1. The minimum Gasteiger partial charge on any atom is -0.423 e. The van der Waals surface area contributed by atoms with E-state index < -0.39 is 0 Å². The lowest BCUT2D eigenvalue weighted by Gasteiger charge is -1.99. The molecule has 0 unspecified atom stereocenters. The van der Waals surface area contributed by atoms with Gasteiger partial charge < -0.3 is 9.40 Å². The van der Waals surface area contributed by atoms with E-state index in [1.54, 1.807) is 6.07 Å². The molecule has 2 aromatic heterocycles. The van der Waals surface area contributed by atoms with Gasteiger partial charge in [-0.05, 0) is 35.9 Å². The highest BCUT2D eigenvalue weighted by atomic mass is 19.1. The average Bonchev–Trinajstić information content (AvgIpc) is 3.08. The molecule has 2 aromatic carbocycles. The summed E-state index contributed by atoms with van der Waals surface area (Å²) in [6.07, 6.45) is 1.83. The van der Waals surface area contributed by atoms with Crippen LogP contribution < -0.4 is 5.32 Å². The second-order valence-corrected chi connectivity index (χ2v) is 5.27. The summed E-state index contributed by atoms with van der Waals surface area (Å²) in [4.78, 5) is 18.3. The fourth-order valence-electron chi connectivity index (χ4n) is 2.63. The van der Waals surface area contributed by atoms with Crippen LogP contribution in [-0.4, -0.2) is 15.9 Å². The molecule has 0 spiro atoms. The van der Waals surface area contributed by atoms with Gasteiger partial charge in [-0.25, -0.2) is 4.39 Å². The smallest absolute Gasteiger partial charge is 0.302 e. The summed E-state index contributed by atoms with van der Waals surface area (Å²) in [7, 11) is 0. The highest BCUT2D eigenvalue weighted by Gasteiger charge is 2.11. The topological polar surface area (TPSA) is 70.9 Å². The Bertz CT molecular complexity index is 1050. The first kappa shape index (κ1) is 13.5. The number of carbonyl (C=O) groups excluding carboxylic acids is 1. The van der Waals surface area contributed by atoms with Gasteiger partial charge in [0.2, 0.25) is 5.91 Å². The Balaban J connectivity index is 1.82. The van der Waals surface area contributed by atoms with Crippen molar-refractivity contribution in [2.75, 3.05) is 5.32 Å². The number of nitrogens with one attached hydrogen (secondary N) is 2. The summed E-state index contributed by atoms with van der Waals surface area (Å²) in [5.41, 5.74) is 3.82. The van der Waals surface area contributed by atoms with Crippen molar-refractivity contribution in [3.63, 3.8) is 0 Å². The number of benzene rings is 2. The van der Waals surface area contributed by atoms with Crippen LogP contribution in [-0.2, 0) is 4.79 Å². The molecule has 5 nitrogen and oxygen atoms in total. The van der Waals surface area contributed by atoms with Gasteiger partial charge in [0.15, 0.2) is 5.58 Å². The highest BCUT2D eigenvalue weighted by Crippen LogP contribution is 2.31. The maximum atomic E-state index is 13.3. The predicted molar refractivity (Wildman–Crippen MR) is 85.6 cm³/mol. The minimum absolute atomic E-state index is 0.172. The first-order chi connectivity index (χ1) is 11.1. The molecule has 114 valence electrons. The summed E-state index contributed by atoms with van der Waals surface area (Å²) in [5.74, 6) is -0.521. The van der Waals surface area contributed by atoms with Gasteiger partial charge in [0.05, 0.1) is 0 Å². The number of hydrogen-bond donors (Lipinski definition) is 2. The third-order valence-electron chi connectivity index (χ3n) is 3.63. The van der Waals surface area contributed by atoms with Gasteiger partial charge in [-0.1, -0.05) is 6.07 Å². The van der Waals surface area contributed by atoms with Crippen molar-refractivity contribution >= 4 is 33.9 Å². The maximum Gasteiger partial charge on any atom is 0.302 e. The van der Waals surface area contributed by atoms with Crippen LogP contribution in [0.4, 0.5) is 10.4 Å². The molecule has 0 saturated heterocycles.